The Balaban J connectivity index is 2.11. The predicted molar refractivity (Wildman–Crippen MR) is 70.1 cm³/mol. The van der Waals surface area contributed by atoms with Crippen molar-refractivity contribution in [3.8, 4) is 0 Å². The third-order valence-corrected chi connectivity index (χ3v) is 3.73. The van der Waals surface area contributed by atoms with E-state index in [1.54, 1.807) is 0 Å². The van der Waals surface area contributed by atoms with E-state index < -0.39 is 0 Å². The van der Waals surface area contributed by atoms with Crippen molar-refractivity contribution in [2.24, 2.45) is 0 Å². The zero-order valence-electron chi connectivity index (χ0n) is 9.95. The van der Waals surface area contributed by atoms with Gasteiger partial charge in [-0.3, -0.25) is 4.90 Å². The summed E-state index contributed by atoms with van der Waals surface area (Å²) in [4.78, 5) is 2.53. The molecule has 0 amide bonds. The molecule has 88 valence electrons. The Labute approximate surface area is 103 Å². The maximum Gasteiger partial charge on any atom is 0.0483 e. The molecule has 1 unspecified atom stereocenters. The number of hydrogen-bond donors (Lipinski definition) is 0. The quantitative estimate of drug-likeness (QED) is 0.724. The van der Waals surface area contributed by atoms with Gasteiger partial charge in [0.15, 0.2) is 0 Å². The van der Waals surface area contributed by atoms with Gasteiger partial charge in [0.25, 0.3) is 0 Å². The first kappa shape index (κ1) is 11.9. The van der Waals surface area contributed by atoms with Crippen LogP contribution < -0.4 is 0 Å². The van der Waals surface area contributed by atoms with Crippen LogP contribution in [0.25, 0.3) is 0 Å². The fraction of sp³-hybridized carbons (Fsp3) is 0.571. The highest BCUT2D eigenvalue weighted by Gasteiger charge is 2.20. The molecule has 1 aliphatic heterocycles. The molecule has 1 fully saturated rings. The van der Waals surface area contributed by atoms with Gasteiger partial charge in [0.1, 0.15) is 0 Å². The molecule has 0 N–H and O–H groups in total. The molecule has 1 nitrogen and oxygen atoms in total. The average molecular weight is 238 g/mol. The van der Waals surface area contributed by atoms with Crippen molar-refractivity contribution in [2.75, 3.05) is 19.0 Å². The van der Waals surface area contributed by atoms with Gasteiger partial charge in [-0.05, 0) is 38.4 Å². The van der Waals surface area contributed by atoms with Gasteiger partial charge >= 0.3 is 0 Å². The van der Waals surface area contributed by atoms with E-state index in [4.69, 9.17) is 11.6 Å². The van der Waals surface area contributed by atoms with Crippen LogP contribution in [0.4, 0.5) is 0 Å². The molecule has 1 aromatic carbocycles. The van der Waals surface area contributed by atoms with Gasteiger partial charge in [-0.2, -0.15) is 0 Å². The van der Waals surface area contributed by atoms with Gasteiger partial charge in [-0.1, -0.05) is 36.2 Å². The SMILES string of the molecule is Cc1ccc(C(CCl)N2CCCCC2)cc1. The van der Waals surface area contributed by atoms with E-state index in [9.17, 15) is 0 Å². The second-order valence-corrected chi connectivity index (χ2v) is 4.99. The monoisotopic (exact) mass is 237 g/mol. The van der Waals surface area contributed by atoms with Crippen LogP contribution in [0.2, 0.25) is 0 Å². The van der Waals surface area contributed by atoms with Crippen molar-refractivity contribution >= 4 is 11.6 Å². The molecule has 0 spiro atoms. The molecular formula is C14H20ClN. The first-order valence-corrected chi connectivity index (χ1v) is 6.71. The smallest absolute Gasteiger partial charge is 0.0483 e. The maximum absolute atomic E-state index is 6.13. The van der Waals surface area contributed by atoms with Crippen LogP contribution in [-0.2, 0) is 0 Å². The van der Waals surface area contributed by atoms with E-state index >= 15 is 0 Å². The molecule has 0 radical (unpaired) electrons. The van der Waals surface area contributed by atoms with Gasteiger partial charge in [-0.15, -0.1) is 11.6 Å². The minimum atomic E-state index is 0.405. The lowest BCUT2D eigenvalue weighted by Crippen LogP contribution is -2.34. The first-order chi connectivity index (χ1) is 7.81. The molecule has 2 heteroatoms. The molecule has 1 atom stereocenters. The van der Waals surface area contributed by atoms with Gasteiger partial charge in [0, 0.05) is 11.9 Å². The number of nitrogens with zero attached hydrogens (tertiary/aromatic N) is 1. The lowest BCUT2D eigenvalue weighted by molar-refractivity contribution is 0.177. The molecular weight excluding hydrogens is 218 g/mol. The molecule has 0 aromatic heterocycles. The van der Waals surface area contributed by atoms with E-state index in [-0.39, 0.29) is 0 Å². The highest BCUT2D eigenvalue weighted by molar-refractivity contribution is 6.18. The van der Waals surface area contributed by atoms with Crippen LogP contribution in [0, 0.1) is 6.92 Å². The Morgan fingerprint density at radius 3 is 2.31 bits per heavy atom. The Bertz CT molecular complexity index is 314. The van der Waals surface area contributed by atoms with Gasteiger partial charge in [0.05, 0.1) is 0 Å². The summed E-state index contributed by atoms with van der Waals surface area (Å²) in [5.74, 6) is 0.697. The van der Waals surface area contributed by atoms with Crippen molar-refractivity contribution in [2.45, 2.75) is 32.2 Å². The fourth-order valence-corrected chi connectivity index (χ4v) is 2.79. The van der Waals surface area contributed by atoms with Crippen molar-refractivity contribution in [3.63, 3.8) is 0 Å². The molecule has 0 saturated carbocycles. The number of hydrogen-bond acceptors (Lipinski definition) is 1. The summed E-state index contributed by atoms with van der Waals surface area (Å²) in [5, 5.41) is 0. The number of halogens is 1. The summed E-state index contributed by atoms with van der Waals surface area (Å²) in [6.07, 6.45) is 4.01. The third-order valence-electron chi connectivity index (χ3n) is 3.44. The highest BCUT2D eigenvalue weighted by atomic mass is 35.5. The third kappa shape index (κ3) is 2.78. The zero-order chi connectivity index (χ0) is 11.4. The van der Waals surface area contributed by atoms with Crippen molar-refractivity contribution in [1.29, 1.82) is 0 Å². The number of piperidine rings is 1. The van der Waals surface area contributed by atoms with E-state index in [0.29, 0.717) is 11.9 Å². The molecule has 16 heavy (non-hydrogen) atoms. The van der Waals surface area contributed by atoms with E-state index in [1.807, 2.05) is 0 Å². The Morgan fingerprint density at radius 2 is 1.75 bits per heavy atom. The normalized spacial score (nSPS) is 19.6. The predicted octanol–water partition coefficient (Wildman–Crippen LogP) is 3.76. The van der Waals surface area contributed by atoms with E-state index in [1.165, 1.54) is 43.5 Å². The average Bonchev–Trinajstić information content (AvgIpc) is 2.34. The Hall–Kier alpha value is -0.530. The largest absolute Gasteiger partial charge is 0.295 e. The molecule has 1 heterocycles. The van der Waals surface area contributed by atoms with Gasteiger partial charge < -0.3 is 0 Å². The molecule has 0 bridgehead atoms. The van der Waals surface area contributed by atoms with Crippen LogP contribution in [0.1, 0.15) is 36.4 Å². The van der Waals surface area contributed by atoms with Crippen molar-refractivity contribution < 1.29 is 0 Å². The summed E-state index contributed by atoms with van der Waals surface area (Å²) in [7, 11) is 0. The minimum Gasteiger partial charge on any atom is -0.295 e. The first-order valence-electron chi connectivity index (χ1n) is 6.18. The Kier molecular flexibility index (Phi) is 4.25. The summed E-state index contributed by atoms with van der Waals surface area (Å²) in [5.41, 5.74) is 2.68. The van der Waals surface area contributed by atoms with Crippen molar-refractivity contribution in [1.82, 2.24) is 4.90 Å². The second-order valence-electron chi connectivity index (χ2n) is 4.68. The van der Waals surface area contributed by atoms with Crippen molar-refractivity contribution in [3.05, 3.63) is 35.4 Å². The molecule has 1 aliphatic rings. The Morgan fingerprint density at radius 1 is 1.12 bits per heavy atom. The fourth-order valence-electron chi connectivity index (χ4n) is 2.42. The van der Waals surface area contributed by atoms with Crippen LogP contribution in [0.15, 0.2) is 24.3 Å². The lowest BCUT2D eigenvalue weighted by atomic mass is 10.0. The van der Waals surface area contributed by atoms with Crippen LogP contribution >= 0.6 is 11.6 Å². The highest BCUT2D eigenvalue weighted by Crippen LogP contribution is 2.25. The summed E-state index contributed by atoms with van der Waals surface area (Å²) >= 11 is 6.13. The summed E-state index contributed by atoms with van der Waals surface area (Å²) in [6, 6.07) is 9.20. The second kappa shape index (κ2) is 5.70. The number of aryl methyl sites for hydroxylation is 1. The number of likely N-dealkylation sites (tertiary alicyclic amines) is 1. The number of alkyl halides is 1. The minimum absolute atomic E-state index is 0.405. The molecule has 0 aliphatic carbocycles. The topological polar surface area (TPSA) is 3.24 Å². The number of rotatable bonds is 3. The summed E-state index contributed by atoms with van der Waals surface area (Å²) < 4.78 is 0. The van der Waals surface area contributed by atoms with E-state index in [2.05, 4.69) is 36.1 Å². The van der Waals surface area contributed by atoms with Crippen LogP contribution in [0.5, 0.6) is 0 Å². The number of benzene rings is 1. The maximum atomic E-state index is 6.13. The van der Waals surface area contributed by atoms with Crippen LogP contribution in [0.3, 0.4) is 0 Å². The zero-order valence-corrected chi connectivity index (χ0v) is 10.7. The van der Waals surface area contributed by atoms with E-state index in [0.717, 1.165) is 0 Å². The molecule has 1 aromatic rings. The van der Waals surface area contributed by atoms with Gasteiger partial charge in [0.2, 0.25) is 0 Å². The van der Waals surface area contributed by atoms with Crippen LogP contribution in [-0.4, -0.2) is 23.9 Å². The van der Waals surface area contributed by atoms with Gasteiger partial charge in [-0.25, -0.2) is 0 Å². The lowest BCUT2D eigenvalue weighted by Gasteiger charge is -2.33. The molecule has 2 rings (SSSR count). The molecule has 1 saturated heterocycles. The summed E-state index contributed by atoms with van der Waals surface area (Å²) in [6.45, 7) is 4.52. The standard InChI is InChI=1S/C14H20ClN/c1-12-5-7-13(8-6-12)14(11-15)16-9-3-2-4-10-16/h5-8,14H,2-4,9-11H2,1H3.